The molecule has 1 unspecified atom stereocenters. The zero-order valence-electron chi connectivity index (χ0n) is 12.5. The van der Waals surface area contributed by atoms with Gasteiger partial charge >= 0.3 is 0 Å². The monoisotopic (exact) mass is 351 g/mol. The van der Waals surface area contributed by atoms with Crippen molar-refractivity contribution in [2.45, 2.75) is 16.8 Å². The van der Waals surface area contributed by atoms with E-state index in [1.807, 2.05) is 30.5 Å². The van der Waals surface area contributed by atoms with Gasteiger partial charge in [0.2, 0.25) is 5.91 Å². The van der Waals surface area contributed by atoms with Gasteiger partial charge in [-0.05, 0) is 41.6 Å². The van der Waals surface area contributed by atoms with Crippen LogP contribution in [0.15, 0.2) is 47.4 Å². The number of rotatable bonds is 4. The summed E-state index contributed by atoms with van der Waals surface area (Å²) < 4.78 is 26.4. The van der Waals surface area contributed by atoms with Crippen molar-refractivity contribution >= 4 is 29.4 Å². The van der Waals surface area contributed by atoms with Crippen LogP contribution in [0.25, 0.3) is 0 Å². The molecule has 23 heavy (non-hydrogen) atoms. The molecule has 0 aliphatic carbocycles. The first kappa shape index (κ1) is 16.3. The Morgan fingerprint density at radius 3 is 2.57 bits per heavy atom. The highest BCUT2D eigenvalue weighted by Gasteiger charge is 2.32. The number of hydrogen-bond acceptors (Lipinski definition) is 3. The Labute approximate surface area is 142 Å². The Morgan fingerprint density at radius 1 is 1.17 bits per heavy atom. The molecule has 1 aliphatic rings. The smallest absolute Gasteiger partial charge is 0.234 e. The summed E-state index contributed by atoms with van der Waals surface area (Å²) in [5.74, 6) is -1.35. The van der Waals surface area contributed by atoms with Gasteiger partial charge in [0.05, 0.1) is 5.75 Å². The number of amides is 1. The molecule has 120 valence electrons. The summed E-state index contributed by atoms with van der Waals surface area (Å²) in [4.78, 5) is 15.0. The molecule has 2 nitrogen and oxygen atoms in total. The van der Waals surface area contributed by atoms with Crippen molar-refractivity contribution < 1.29 is 13.6 Å². The lowest BCUT2D eigenvalue weighted by Gasteiger charge is -2.24. The molecule has 1 fully saturated rings. The zero-order chi connectivity index (χ0) is 16.4. The zero-order valence-corrected chi connectivity index (χ0v) is 14.1. The van der Waals surface area contributed by atoms with E-state index in [0.29, 0.717) is 11.3 Å². The molecule has 1 atom stereocenters. The predicted molar refractivity (Wildman–Crippen MR) is 90.3 cm³/mol. The van der Waals surface area contributed by atoms with E-state index in [9.17, 15) is 13.6 Å². The summed E-state index contributed by atoms with van der Waals surface area (Å²) in [6, 6.07) is 11.8. The molecule has 0 bridgehead atoms. The SMILES string of the molecule is CSc1ccc(C2SCC(=O)N2Cc2ccc(F)c(F)c2)cc1. The van der Waals surface area contributed by atoms with Gasteiger partial charge in [-0.15, -0.1) is 23.5 Å². The first-order valence-electron chi connectivity index (χ1n) is 7.07. The number of carbonyl (C=O) groups excluding carboxylic acids is 1. The van der Waals surface area contributed by atoms with Gasteiger partial charge in [-0.25, -0.2) is 8.78 Å². The minimum atomic E-state index is -0.886. The largest absolute Gasteiger partial charge is 0.322 e. The quantitative estimate of drug-likeness (QED) is 0.759. The lowest BCUT2D eigenvalue weighted by atomic mass is 10.1. The van der Waals surface area contributed by atoms with E-state index in [1.54, 1.807) is 28.4 Å². The second-order valence-electron chi connectivity index (χ2n) is 5.21. The van der Waals surface area contributed by atoms with E-state index >= 15 is 0 Å². The molecule has 0 spiro atoms. The molecule has 2 aromatic carbocycles. The van der Waals surface area contributed by atoms with Crippen LogP contribution in [-0.2, 0) is 11.3 Å². The molecule has 0 aromatic heterocycles. The fourth-order valence-electron chi connectivity index (χ4n) is 2.50. The van der Waals surface area contributed by atoms with E-state index in [0.717, 1.165) is 22.6 Å². The van der Waals surface area contributed by atoms with Gasteiger partial charge in [0.15, 0.2) is 11.6 Å². The third-order valence-corrected chi connectivity index (χ3v) is 5.71. The summed E-state index contributed by atoms with van der Waals surface area (Å²) >= 11 is 3.22. The van der Waals surface area contributed by atoms with E-state index in [-0.39, 0.29) is 17.8 Å². The minimum Gasteiger partial charge on any atom is -0.322 e. The number of halogens is 2. The average Bonchev–Trinajstić information content (AvgIpc) is 2.92. The number of hydrogen-bond donors (Lipinski definition) is 0. The number of nitrogens with zero attached hydrogens (tertiary/aromatic N) is 1. The van der Waals surface area contributed by atoms with Crippen LogP contribution in [0.4, 0.5) is 8.78 Å². The fraction of sp³-hybridized carbons (Fsp3) is 0.235. The second-order valence-corrected chi connectivity index (χ2v) is 7.15. The molecule has 1 heterocycles. The van der Waals surface area contributed by atoms with E-state index in [4.69, 9.17) is 0 Å². The molecule has 0 saturated carbocycles. The van der Waals surface area contributed by atoms with E-state index in [2.05, 4.69) is 0 Å². The first-order chi connectivity index (χ1) is 11.1. The van der Waals surface area contributed by atoms with Crippen LogP contribution in [0.3, 0.4) is 0 Å². The highest BCUT2D eigenvalue weighted by molar-refractivity contribution is 8.00. The van der Waals surface area contributed by atoms with Gasteiger partial charge < -0.3 is 4.90 Å². The Morgan fingerprint density at radius 2 is 1.91 bits per heavy atom. The van der Waals surface area contributed by atoms with E-state index in [1.165, 1.54) is 6.07 Å². The Hall–Kier alpha value is -1.53. The van der Waals surface area contributed by atoms with Crippen molar-refractivity contribution in [2.75, 3.05) is 12.0 Å². The van der Waals surface area contributed by atoms with Gasteiger partial charge in [-0.1, -0.05) is 18.2 Å². The van der Waals surface area contributed by atoms with Crippen molar-refractivity contribution in [3.8, 4) is 0 Å². The predicted octanol–water partition coefficient (Wildman–Crippen LogP) is 4.46. The Balaban J connectivity index is 1.82. The molecule has 1 saturated heterocycles. The maximum absolute atomic E-state index is 13.4. The van der Waals surface area contributed by atoms with Gasteiger partial charge in [0, 0.05) is 11.4 Å². The molecule has 3 rings (SSSR count). The molecule has 1 amide bonds. The third kappa shape index (κ3) is 3.53. The van der Waals surface area contributed by atoms with Gasteiger partial charge in [0.1, 0.15) is 5.37 Å². The summed E-state index contributed by atoms with van der Waals surface area (Å²) in [6.45, 7) is 0.276. The van der Waals surface area contributed by atoms with Crippen molar-refractivity contribution in [2.24, 2.45) is 0 Å². The summed E-state index contributed by atoms with van der Waals surface area (Å²) in [6.07, 6.45) is 2.01. The van der Waals surface area contributed by atoms with Crippen LogP contribution in [0.5, 0.6) is 0 Å². The normalized spacial score (nSPS) is 17.8. The summed E-state index contributed by atoms with van der Waals surface area (Å²) in [7, 11) is 0. The number of thioether (sulfide) groups is 2. The van der Waals surface area contributed by atoms with Crippen molar-refractivity contribution in [1.82, 2.24) is 4.90 Å². The van der Waals surface area contributed by atoms with E-state index < -0.39 is 11.6 Å². The third-order valence-electron chi connectivity index (χ3n) is 3.71. The Kier molecular flexibility index (Phi) is 4.92. The number of benzene rings is 2. The lowest BCUT2D eigenvalue weighted by Crippen LogP contribution is -2.27. The minimum absolute atomic E-state index is 0.0127. The maximum Gasteiger partial charge on any atom is 0.234 e. The van der Waals surface area contributed by atoms with Gasteiger partial charge in [0.25, 0.3) is 0 Å². The van der Waals surface area contributed by atoms with Crippen LogP contribution in [-0.4, -0.2) is 22.8 Å². The fourth-order valence-corrected chi connectivity index (χ4v) is 4.10. The van der Waals surface area contributed by atoms with Crippen molar-refractivity contribution in [3.05, 3.63) is 65.2 Å². The molecular formula is C17H15F2NOS2. The van der Waals surface area contributed by atoms with Crippen LogP contribution in [0, 0.1) is 11.6 Å². The molecule has 0 N–H and O–H groups in total. The standard InChI is InChI=1S/C17H15F2NOS2/c1-22-13-5-3-12(4-6-13)17-20(16(21)10-23-17)9-11-2-7-14(18)15(19)8-11/h2-8,17H,9-10H2,1H3. The van der Waals surface area contributed by atoms with Crippen molar-refractivity contribution in [3.63, 3.8) is 0 Å². The lowest BCUT2D eigenvalue weighted by molar-refractivity contribution is -0.128. The Bertz CT molecular complexity index is 721. The molecular weight excluding hydrogens is 336 g/mol. The summed E-state index contributed by atoms with van der Waals surface area (Å²) in [5, 5.41) is -0.0912. The van der Waals surface area contributed by atoms with Crippen LogP contribution >= 0.6 is 23.5 Å². The van der Waals surface area contributed by atoms with Crippen LogP contribution < -0.4 is 0 Å². The van der Waals surface area contributed by atoms with Gasteiger partial charge in [-0.2, -0.15) is 0 Å². The second kappa shape index (κ2) is 6.93. The highest BCUT2D eigenvalue weighted by Crippen LogP contribution is 2.40. The van der Waals surface area contributed by atoms with Crippen molar-refractivity contribution in [1.29, 1.82) is 0 Å². The molecule has 2 aromatic rings. The van der Waals surface area contributed by atoms with Crippen LogP contribution in [0.1, 0.15) is 16.5 Å². The molecule has 1 aliphatic heterocycles. The average molecular weight is 351 g/mol. The number of carbonyl (C=O) groups is 1. The molecule has 0 radical (unpaired) electrons. The topological polar surface area (TPSA) is 20.3 Å². The van der Waals surface area contributed by atoms with Gasteiger partial charge in [-0.3, -0.25) is 4.79 Å². The highest BCUT2D eigenvalue weighted by atomic mass is 32.2. The van der Waals surface area contributed by atoms with Crippen LogP contribution in [0.2, 0.25) is 0 Å². The first-order valence-corrected chi connectivity index (χ1v) is 9.35. The maximum atomic E-state index is 13.4. The molecule has 6 heteroatoms. The summed E-state index contributed by atoms with van der Waals surface area (Å²) in [5.41, 5.74) is 1.63.